The fourth-order valence-electron chi connectivity index (χ4n) is 0.912. The van der Waals surface area contributed by atoms with Gasteiger partial charge in [0.15, 0.2) is 0 Å². The van der Waals surface area contributed by atoms with Gasteiger partial charge >= 0.3 is 0 Å². The molecule has 1 aromatic rings. The smallest absolute Gasteiger partial charge is 0.139 e. The highest BCUT2D eigenvalue weighted by atomic mass is 32.2. The van der Waals surface area contributed by atoms with Crippen molar-refractivity contribution in [3.05, 3.63) is 24.4 Å². The van der Waals surface area contributed by atoms with Crippen LogP contribution >= 0.6 is 11.8 Å². The Kier molecular flexibility index (Phi) is 4.85. The Balaban J connectivity index is 2.17. The van der Waals surface area contributed by atoms with Gasteiger partial charge in [-0.2, -0.15) is 0 Å². The van der Waals surface area contributed by atoms with Crippen LogP contribution in [-0.4, -0.2) is 21.8 Å². The fourth-order valence-corrected chi connectivity index (χ4v) is 1.72. The summed E-state index contributed by atoms with van der Waals surface area (Å²) in [4.78, 5) is 4.17. The van der Waals surface area contributed by atoms with E-state index in [1.165, 1.54) is 0 Å². The summed E-state index contributed by atoms with van der Waals surface area (Å²) >= 11 is 1.67. The predicted molar refractivity (Wildman–Crippen MR) is 57.6 cm³/mol. The maximum absolute atomic E-state index is 8.29. The molecule has 76 valence electrons. The van der Waals surface area contributed by atoms with E-state index in [0.717, 1.165) is 17.2 Å². The first-order valence-electron chi connectivity index (χ1n) is 4.33. The molecule has 0 saturated carbocycles. The quantitative estimate of drug-likeness (QED) is 0.194. The highest BCUT2D eigenvalue weighted by Crippen LogP contribution is 2.15. The molecule has 0 radical (unpaired) electrons. The Hall–Kier alpha value is -1.23. The number of rotatable bonds is 5. The van der Waals surface area contributed by atoms with Crippen LogP contribution in [0.5, 0.6) is 0 Å². The molecule has 5 heteroatoms. The fraction of sp³-hybridized carbons (Fsp3) is 0.333. The molecule has 0 bridgehead atoms. The minimum absolute atomic E-state index is 0.284. The molecular formula is C9H13N3OS. The monoisotopic (exact) mass is 211 g/mol. The number of oxime groups is 1. The minimum Gasteiger partial charge on any atom is -0.409 e. The summed E-state index contributed by atoms with van der Waals surface area (Å²) in [5.41, 5.74) is 5.33. The van der Waals surface area contributed by atoms with E-state index < -0.39 is 0 Å². The number of pyridine rings is 1. The molecule has 3 N–H and O–H groups in total. The van der Waals surface area contributed by atoms with Crippen molar-refractivity contribution in [2.24, 2.45) is 10.9 Å². The van der Waals surface area contributed by atoms with Gasteiger partial charge in [0.25, 0.3) is 0 Å². The van der Waals surface area contributed by atoms with Crippen molar-refractivity contribution in [3.63, 3.8) is 0 Å². The van der Waals surface area contributed by atoms with Crippen LogP contribution in [0.2, 0.25) is 0 Å². The Morgan fingerprint density at radius 2 is 2.43 bits per heavy atom. The van der Waals surface area contributed by atoms with Crippen molar-refractivity contribution in [2.75, 3.05) is 5.75 Å². The van der Waals surface area contributed by atoms with Gasteiger partial charge in [-0.25, -0.2) is 4.98 Å². The van der Waals surface area contributed by atoms with Crippen LogP contribution in [0, 0.1) is 0 Å². The first-order chi connectivity index (χ1) is 6.83. The van der Waals surface area contributed by atoms with Crippen molar-refractivity contribution < 1.29 is 5.21 Å². The molecule has 0 aliphatic heterocycles. The zero-order chi connectivity index (χ0) is 10.2. The number of hydrogen-bond acceptors (Lipinski definition) is 4. The summed E-state index contributed by atoms with van der Waals surface area (Å²) in [6.07, 6.45) is 3.28. The molecule has 0 amide bonds. The van der Waals surface area contributed by atoms with E-state index in [9.17, 15) is 0 Å². The van der Waals surface area contributed by atoms with Crippen LogP contribution in [0.15, 0.2) is 34.6 Å². The first kappa shape index (κ1) is 10.8. The lowest BCUT2D eigenvalue weighted by Crippen LogP contribution is -2.11. The van der Waals surface area contributed by atoms with E-state index >= 15 is 0 Å². The van der Waals surface area contributed by atoms with Crippen molar-refractivity contribution in [2.45, 2.75) is 17.9 Å². The van der Waals surface area contributed by atoms with E-state index in [4.69, 9.17) is 10.9 Å². The molecule has 1 aromatic heterocycles. The summed E-state index contributed by atoms with van der Waals surface area (Å²) in [6, 6.07) is 5.81. The average molecular weight is 211 g/mol. The number of amidine groups is 1. The lowest BCUT2D eigenvalue weighted by Gasteiger charge is -1.99. The van der Waals surface area contributed by atoms with Crippen molar-refractivity contribution in [1.82, 2.24) is 4.98 Å². The Bertz CT molecular complexity index is 289. The molecule has 4 nitrogen and oxygen atoms in total. The highest BCUT2D eigenvalue weighted by molar-refractivity contribution is 7.99. The lowest BCUT2D eigenvalue weighted by atomic mass is 10.3. The second-order valence-corrected chi connectivity index (χ2v) is 3.83. The average Bonchev–Trinajstić information content (AvgIpc) is 2.25. The Morgan fingerprint density at radius 1 is 1.57 bits per heavy atom. The zero-order valence-corrected chi connectivity index (χ0v) is 8.57. The largest absolute Gasteiger partial charge is 0.409 e. The summed E-state index contributed by atoms with van der Waals surface area (Å²) in [5.74, 6) is 1.21. The molecule has 0 atom stereocenters. The van der Waals surface area contributed by atoms with Crippen LogP contribution in [0.3, 0.4) is 0 Å². The SMILES string of the molecule is N/C(CCCSc1ccccn1)=N\O. The molecule has 0 aromatic carbocycles. The van der Waals surface area contributed by atoms with E-state index in [1.807, 2.05) is 18.2 Å². The van der Waals surface area contributed by atoms with Gasteiger partial charge in [0, 0.05) is 12.6 Å². The number of aromatic nitrogens is 1. The number of nitrogens with zero attached hydrogens (tertiary/aromatic N) is 2. The van der Waals surface area contributed by atoms with Crippen LogP contribution in [0.4, 0.5) is 0 Å². The summed E-state index contributed by atoms with van der Waals surface area (Å²) in [7, 11) is 0. The van der Waals surface area contributed by atoms with E-state index in [0.29, 0.717) is 6.42 Å². The van der Waals surface area contributed by atoms with Crippen LogP contribution in [0.1, 0.15) is 12.8 Å². The van der Waals surface area contributed by atoms with Crippen molar-refractivity contribution in [1.29, 1.82) is 0 Å². The summed E-state index contributed by atoms with van der Waals surface area (Å²) < 4.78 is 0. The third kappa shape index (κ3) is 4.13. The number of thioether (sulfide) groups is 1. The van der Waals surface area contributed by atoms with Gasteiger partial charge in [0.05, 0.1) is 5.03 Å². The molecule has 0 aliphatic carbocycles. The molecule has 1 heterocycles. The Morgan fingerprint density at radius 3 is 3.07 bits per heavy atom. The number of nitrogens with two attached hydrogens (primary N) is 1. The second kappa shape index (κ2) is 6.26. The van der Waals surface area contributed by atoms with Crippen LogP contribution in [0.25, 0.3) is 0 Å². The first-order valence-corrected chi connectivity index (χ1v) is 5.31. The third-order valence-corrected chi connectivity index (χ3v) is 2.62. The van der Waals surface area contributed by atoms with E-state index in [-0.39, 0.29) is 5.84 Å². The van der Waals surface area contributed by atoms with Gasteiger partial charge in [0.2, 0.25) is 0 Å². The number of hydrogen-bond donors (Lipinski definition) is 2. The normalized spacial score (nSPS) is 11.6. The minimum atomic E-state index is 0.284. The topological polar surface area (TPSA) is 71.5 Å². The van der Waals surface area contributed by atoms with Gasteiger partial charge in [-0.3, -0.25) is 0 Å². The predicted octanol–water partition coefficient (Wildman–Crippen LogP) is 1.70. The van der Waals surface area contributed by atoms with Crippen molar-refractivity contribution >= 4 is 17.6 Å². The van der Waals surface area contributed by atoms with Crippen molar-refractivity contribution in [3.8, 4) is 0 Å². The molecule has 0 fully saturated rings. The molecular weight excluding hydrogens is 198 g/mol. The standard InChI is InChI=1S/C9H13N3OS/c10-8(12-13)4-3-7-14-9-5-1-2-6-11-9/h1-2,5-6,13H,3-4,7H2,(H2,10,12). The molecule has 0 saturated heterocycles. The molecule has 0 aliphatic rings. The molecule has 14 heavy (non-hydrogen) atoms. The van der Waals surface area contributed by atoms with Crippen LogP contribution < -0.4 is 5.73 Å². The summed E-state index contributed by atoms with van der Waals surface area (Å²) in [6.45, 7) is 0. The zero-order valence-electron chi connectivity index (χ0n) is 7.76. The third-order valence-electron chi connectivity index (χ3n) is 1.59. The lowest BCUT2D eigenvalue weighted by molar-refractivity contribution is 0.317. The molecule has 1 rings (SSSR count). The van der Waals surface area contributed by atoms with Gasteiger partial charge < -0.3 is 10.9 Å². The maximum Gasteiger partial charge on any atom is 0.139 e. The van der Waals surface area contributed by atoms with E-state index in [1.54, 1.807) is 18.0 Å². The maximum atomic E-state index is 8.29. The van der Waals surface area contributed by atoms with Gasteiger partial charge in [-0.15, -0.1) is 11.8 Å². The van der Waals surface area contributed by atoms with Gasteiger partial charge in [-0.05, 0) is 24.3 Å². The summed E-state index contributed by atoms with van der Waals surface area (Å²) in [5, 5.41) is 12.2. The van der Waals surface area contributed by atoms with E-state index in [2.05, 4.69) is 10.1 Å². The highest BCUT2D eigenvalue weighted by Gasteiger charge is 1.96. The molecule has 0 unspecified atom stereocenters. The van der Waals surface area contributed by atoms with Gasteiger partial charge in [0.1, 0.15) is 5.84 Å². The second-order valence-electron chi connectivity index (χ2n) is 2.71. The van der Waals surface area contributed by atoms with Gasteiger partial charge in [-0.1, -0.05) is 11.2 Å². The Labute approximate surface area is 87.2 Å². The van der Waals surface area contributed by atoms with Crippen LogP contribution in [-0.2, 0) is 0 Å². The molecule has 0 spiro atoms.